The highest BCUT2D eigenvalue weighted by Gasteiger charge is 2.32. The lowest BCUT2D eigenvalue weighted by molar-refractivity contribution is -0.274. The van der Waals surface area contributed by atoms with E-state index in [4.69, 9.17) is 10.6 Å². The fourth-order valence-electron chi connectivity index (χ4n) is 1.46. The maximum absolute atomic E-state index is 12.2. The van der Waals surface area contributed by atoms with Crippen LogP contribution >= 0.6 is 0 Å². The monoisotopic (exact) mass is 321 g/mol. The van der Waals surface area contributed by atoms with Gasteiger partial charge >= 0.3 is 18.3 Å². The molecular weight excluding hydrogens is 307 g/mol. The SMILES string of the molecule is CC(C)(C)OC(=O)c1ccc(OC(F)(F)F)cc1C(=O)ON. The first kappa shape index (κ1) is 17.8. The minimum absolute atomic E-state index is 0.292. The number of hydrogen-bond acceptors (Lipinski definition) is 6. The van der Waals surface area contributed by atoms with E-state index < -0.39 is 35.2 Å². The van der Waals surface area contributed by atoms with Gasteiger partial charge in [0, 0.05) is 0 Å². The maximum atomic E-state index is 12.2. The summed E-state index contributed by atoms with van der Waals surface area (Å²) in [5.41, 5.74) is -1.65. The first-order valence-corrected chi connectivity index (χ1v) is 5.97. The molecule has 1 aromatic rings. The van der Waals surface area contributed by atoms with Gasteiger partial charge in [-0.2, -0.15) is 5.90 Å². The summed E-state index contributed by atoms with van der Waals surface area (Å²) < 4.78 is 45.3. The van der Waals surface area contributed by atoms with Crippen LogP contribution in [-0.2, 0) is 9.57 Å². The highest BCUT2D eigenvalue weighted by Crippen LogP contribution is 2.26. The van der Waals surface area contributed by atoms with E-state index in [-0.39, 0.29) is 5.56 Å². The van der Waals surface area contributed by atoms with Gasteiger partial charge in [0.2, 0.25) is 0 Å². The summed E-state index contributed by atoms with van der Waals surface area (Å²) in [6.07, 6.45) is -4.95. The number of esters is 1. The Morgan fingerprint density at radius 1 is 1.05 bits per heavy atom. The molecule has 0 unspecified atom stereocenters. The van der Waals surface area contributed by atoms with Gasteiger partial charge in [0.15, 0.2) is 0 Å². The van der Waals surface area contributed by atoms with Crippen molar-refractivity contribution in [2.45, 2.75) is 32.7 Å². The molecule has 0 amide bonds. The standard InChI is InChI=1S/C13H14F3NO5/c1-12(2,3)21-10(18)8-5-4-7(20-13(14,15)16)6-9(8)11(19)22-17/h4-6H,17H2,1-3H3. The number of halogens is 3. The summed E-state index contributed by atoms with van der Waals surface area (Å²) in [6, 6.07) is 2.53. The molecule has 1 aromatic carbocycles. The van der Waals surface area contributed by atoms with Crippen LogP contribution in [0.25, 0.3) is 0 Å². The van der Waals surface area contributed by atoms with Crippen LogP contribution in [0.2, 0.25) is 0 Å². The molecule has 0 heterocycles. The zero-order chi connectivity index (χ0) is 17.1. The Labute approximate surface area is 123 Å². The Balaban J connectivity index is 3.22. The van der Waals surface area contributed by atoms with Crippen LogP contribution < -0.4 is 10.6 Å². The first-order valence-electron chi connectivity index (χ1n) is 5.97. The van der Waals surface area contributed by atoms with Gasteiger partial charge in [-0.25, -0.2) is 9.59 Å². The summed E-state index contributed by atoms with van der Waals surface area (Å²) in [6.45, 7) is 4.77. The van der Waals surface area contributed by atoms with E-state index in [1.54, 1.807) is 20.8 Å². The average molecular weight is 321 g/mol. The number of carbonyl (C=O) groups excluding carboxylic acids is 2. The second-order valence-electron chi connectivity index (χ2n) is 5.16. The number of rotatable bonds is 3. The van der Waals surface area contributed by atoms with Crippen molar-refractivity contribution in [3.05, 3.63) is 29.3 Å². The fraction of sp³-hybridized carbons (Fsp3) is 0.385. The zero-order valence-electron chi connectivity index (χ0n) is 12.0. The third kappa shape index (κ3) is 5.24. The average Bonchev–Trinajstić information content (AvgIpc) is 2.33. The van der Waals surface area contributed by atoms with Crippen molar-refractivity contribution in [3.63, 3.8) is 0 Å². The Morgan fingerprint density at radius 2 is 1.64 bits per heavy atom. The van der Waals surface area contributed by atoms with Gasteiger partial charge in [-0.15, -0.1) is 13.2 Å². The molecule has 0 saturated carbocycles. The van der Waals surface area contributed by atoms with E-state index in [2.05, 4.69) is 9.57 Å². The predicted octanol–water partition coefficient (Wildman–Crippen LogP) is 2.57. The van der Waals surface area contributed by atoms with Crippen LogP contribution in [0.15, 0.2) is 18.2 Å². The van der Waals surface area contributed by atoms with Crippen LogP contribution in [0.3, 0.4) is 0 Å². The summed E-state index contributed by atoms with van der Waals surface area (Å²) in [7, 11) is 0. The molecule has 0 spiro atoms. The van der Waals surface area contributed by atoms with Gasteiger partial charge in [0.1, 0.15) is 11.4 Å². The van der Waals surface area contributed by atoms with Crippen molar-refractivity contribution >= 4 is 11.9 Å². The molecule has 6 nitrogen and oxygen atoms in total. The molecule has 0 bridgehead atoms. The van der Waals surface area contributed by atoms with E-state index >= 15 is 0 Å². The second-order valence-corrected chi connectivity index (χ2v) is 5.16. The second kappa shape index (κ2) is 6.22. The lowest BCUT2D eigenvalue weighted by Crippen LogP contribution is -2.26. The van der Waals surface area contributed by atoms with Crippen molar-refractivity contribution in [1.82, 2.24) is 0 Å². The fourth-order valence-corrected chi connectivity index (χ4v) is 1.46. The van der Waals surface area contributed by atoms with E-state index in [1.165, 1.54) is 0 Å². The smallest absolute Gasteiger partial charge is 0.456 e. The Hall–Kier alpha value is -2.29. The van der Waals surface area contributed by atoms with Crippen molar-refractivity contribution in [2.75, 3.05) is 0 Å². The van der Waals surface area contributed by atoms with Crippen LogP contribution in [0, 0.1) is 0 Å². The summed E-state index contributed by atoms with van der Waals surface area (Å²) in [5.74, 6) is 1.91. The topological polar surface area (TPSA) is 87.8 Å². The van der Waals surface area contributed by atoms with Gasteiger partial charge in [-0.3, -0.25) is 0 Å². The Bertz CT molecular complexity index is 578. The largest absolute Gasteiger partial charge is 0.573 e. The normalized spacial score (nSPS) is 11.8. The first-order chi connectivity index (χ1) is 9.93. The van der Waals surface area contributed by atoms with Crippen LogP contribution in [0.5, 0.6) is 5.75 Å². The molecule has 122 valence electrons. The maximum Gasteiger partial charge on any atom is 0.573 e. The van der Waals surface area contributed by atoms with Crippen LogP contribution in [0.1, 0.15) is 41.5 Å². The summed E-state index contributed by atoms with van der Waals surface area (Å²) in [5, 5.41) is 0. The van der Waals surface area contributed by atoms with E-state index in [9.17, 15) is 22.8 Å². The van der Waals surface area contributed by atoms with E-state index in [0.717, 1.165) is 12.1 Å². The van der Waals surface area contributed by atoms with Gasteiger partial charge in [0.05, 0.1) is 11.1 Å². The molecule has 0 fully saturated rings. The number of nitrogens with two attached hydrogens (primary N) is 1. The molecule has 1 rings (SSSR count). The molecule has 9 heteroatoms. The van der Waals surface area contributed by atoms with Gasteiger partial charge in [-0.05, 0) is 39.0 Å². The minimum atomic E-state index is -4.95. The Morgan fingerprint density at radius 3 is 2.09 bits per heavy atom. The molecule has 0 atom stereocenters. The van der Waals surface area contributed by atoms with Crippen molar-refractivity contribution in [3.8, 4) is 5.75 Å². The minimum Gasteiger partial charge on any atom is -0.456 e. The number of hydrogen-bond donors (Lipinski definition) is 1. The zero-order valence-corrected chi connectivity index (χ0v) is 12.0. The summed E-state index contributed by atoms with van der Waals surface area (Å²) >= 11 is 0. The van der Waals surface area contributed by atoms with Gasteiger partial charge in [-0.1, -0.05) is 0 Å². The molecule has 0 radical (unpaired) electrons. The molecule has 0 saturated heterocycles. The lowest BCUT2D eigenvalue weighted by atomic mass is 10.1. The third-order valence-corrected chi connectivity index (χ3v) is 2.17. The third-order valence-electron chi connectivity index (χ3n) is 2.17. The Kier molecular flexibility index (Phi) is 5.02. The molecule has 0 aliphatic heterocycles. The van der Waals surface area contributed by atoms with E-state index in [0.29, 0.717) is 6.07 Å². The molecule has 22 heavy (non-hydrogen) atoms. The van der Waals surface area contributed by atoms with Crippen molar-refractivity contribution in [1.29, 1.82) is 0 Å². The van der Waals surface area contributed by atoms with Crippen molar-refractivity contribution < 1.29 is 37.1 Å². The quantitative estimate of drug-likeness (QED) is 0.680. The van der Waals surface area contributed by atoms with Crippen LogP contribution in [-0.4, -0.2) is 23.9 Å². The van der Waals surface area contributed by atoms with Crippen LogP contribution in [0.4, 0.5) is 13.2 Å². The molecule has 0 aliphatic carbocycles. The predicted molar refractivity (Wildman–Crippen MR) is 67.9 cm³/mol. The molecule has 2 N–H and O–H groups in total. The number of ether oxygens (including phenoxy) is 2. The number of alkyl halides is 3. The van der Waals surface area contributed by atoms with Crippen molar-refractivity contribution in [2.24, 2.45) is 5.90 Å². The summed E-state index contributed by atoms with van der Waals surface area (Å²) in [4.78, 5) is 27.5. The molecule has 0 aliphatic rings. The highest BCUT2D eigenvalue weighted by molar-refractivity contribution is 6.03. The number of benzene rings is 1. The highest BCUT2D eigenvalue weighted by atomic mass is 19.4. The molecular formula is C13H14F3NO5. The van der Waals surface area contributed by atoms with Gasteiger partial charge in [0.25, 0.3) is 0 Å². The molecule has 0 aromatic heterocycles. The van der Waals surface area contributed by atoms with Gasteiger partial charge < -0.3 is 14.3 Å². The number of carbonyl (C=O) groups is 2. The lowest BCUT2D eigenvalue weighted by Gasteiger charge is -2.20. The van der Waals surface area contributed by atoms with E-state index in [1.807, 2.05) is 0 Å².